The maximum Gasteiger partial charge on any atom is 0.264 e. The highest BCUT2D eigenvalue weighted by Gasteiger charge is 2.14. The first-order valence-electron chi connectivity index (χ1n) is 3.21. The second kappa shape index (κ2) is 3.42. The molecule has 0 aliphatic heterocycles. The van der Waals surface area contributed by atoms with Crippen molar-refractivity contribution >= 4 is 0 Å². The molecule has 0 bridgehead atoms. The molecule has 0 fully saturated rings. The van der Waals surface area contributed by atoms with Crippen molar-refractivity contribution in [2.45, 2.75) is 13.1 Å². The van der Waals surface area contributed by atoms with Crippen LogP contribution in [0.15, 0.2) is 17.1 Å². The number of rotatable bonds is 2. The zero-order valence-electron chi connectivity index (χ0n) is 5.98. The van der Waals surface area contributed by atoms with Crippen LogP contribution >= 0.6 is 0 Å². The third-order valence-corrected chi connectivity index (χ3v) is 1.47. The van der Waals surface area contributed by atoms with E-state index in [4.69, 9.17) is 0 Å². The van der Waals surface area contributed by atoms with E-state index in [0.717, 1.165) is 12.3 Å². The number of pyridine rings is 1. The van der Waals surface area contributed by atoms with Gasteiger partial charge in [0.2, 0.25) is 0 Å². The molecule has 1 aromatic heterocycles. The lowest BCUT2D eigenvalue weighted by Crippen LogP contribution is -2.13. The highest BCUT2D eigenvalue weighted by molar-refractivity contribution is 5.23. The highest BCUT2D eigenvalue weighted by Crippen LogP contribution is 2.20. The van der Waals surface area contributed by atoms with Gasteiger partial charge < -0.3 is 4.98 Å². The Kier molecular flexibility index (Phi) is 2.52. The van der Waals surface area contributed by atoms with Crippen LogP contribution in [-0.2, 0) is 6.67 Å². The predicted molar refractivity (Wildman–Crippen MR) is 36.8 cm³/mol. The van der Waals surface area contributed by atoms with Crippen LogP contribution in [0, 0.1) is 0 Å². The van der Waals surface area contributed by atoms with E-state index in [0.29, 0.717) is 0 Å². The van der Waals surface area contributed by atoms with E-state index in [2.05, 4.69) is 4.98 Å². The Morgan fingerprint density at radius 3 is 2.58 bits per heavy atom. The minimum atomic E-state index is -2.81. The lowest BCUT2D eigenvalue weighted by Gasteiger charge is -2.02. The van der Waals surface area contributed by atoms with E-state index < -0.39 is 29.8 Å². The van der Waals surface area contributed by atoms with E-state index in [9.17, 15) is 18.0 Å². The Labute approximate surface area is 66.0 Å². The van der Waals surface area contributed by atoms with E-state index >= 15 is 0 Å². The average molecular weight is 177 g/mol. The summed E-state index contributed by atoms with van der Waals surface area (Å²) >= 11 is 0. The van der Waals surface area contributed by atoms with Crippen LogP contribution in [0.2, 0.25) is 0 Å². The minimum Gasteiger partial charge on any atom is -0.329 e. The SMILES string of the molecule is O=c1[nH]ccc(C(F)F)c1CF. The van der Waals surface area contributed by atoms with Crippen molar-refractivity contribution in [2.75, 3.05) is 0 Å². The molecular formula is C7H6F3NO. The van der Waals surface area contributed by atoms with Gasteiger partial charge in [-0.15, -0.1) is 0 Å². The van der Waals surface area contributed by atoms with Gasteiger partial charge >= 0.3 is 0 Å². The van der Waals surface area contributed by atoms with Gasteiger partial charge in [0.15, 0.2) is 0 Å². The van der Waals surface area contributed by atoms with Gasteiger partial charge in [0.1, 0.15) is 6.67 Å². The Morgan fingerprint density at radius 1 is 1.50 bits per heavy atom. The summed E-state index contributed by atoms with van der Waals surface area (Å²) in [5.74, 6) is 0. The summed E-state index contributed by atoms with van der Waals surface area (Å²) in [4.78, 5) is 12.9. The first kappa shape index (κ1) is 8.83. The minimum absolute atomic E-state index is 0.493. The molecule has 0 aromatic carbocycles. The topological polar surface area (TPSA) is 32.9 Å². The van der Waals surface area contributed by atoms with E-state index in [1.54, 1.807) is 0 Å². The largest absolute Gasteiger partial charge is 0.329 e. The van der Waals surface area contributed by atoms with Crippen molar-refractivity contribution < 1.29 is 13.2 Å². The lowest BCUT2D eigenvalue weighted by atomic mass is 10.1. The van der Waals surface area contributed by atoms with Crippen LogP contribution in [0.5, 0.6) is 0 Å². The fraction of sp³-hybridized carbons (Fsp3) is 0.286. The van der Waals surface area contributed by atoms with Crippen LogP contribution in [0.1, 0.15) is 17.6 Å². The zero-order valence-corrected chi connectivity index (χ0v) is 5.98. The molecule has 5 heteroatoms. The van der Waals surface area contributed by atoms with Gasteiger partial charge in [-0.1, -0.05) is 0 Å². The molecule has 0 amide bonds. The number of hydrogen-bond acceptors (Lipinski definition) is 1. The number of hydrogen-bond donors (Lipinski definition) is 1. The van der Waals surface area contributed by atoms with Gasteiger partial charge in [-0.25, -0.2) is 13.2 Å². The number of halogens is 3. The highest BCUT2D eigenvalue weighted by atomic mass is 19.3. The summed E-state index contributed by atoms with van der Waals surface area (Å²) in [5.41, 5.74) is -1.83. The van der Waals surface area contributed by atoms with Gasteiger partial charge in [0.25, 0.3) is 12.0 Å². The number of alkyl halides is 3. The molecule has 66 valence electrons. The Morgan fingerprint density at radius 2 is 2.17 bits per heavy atom. The standard InChI is InChI=1S/C7H6F3NO/c8-3-5-4(6(9)10)1-2-11-7(5)12/h1-2,6H,3H2,(H,11,12). The van der Waals surface area contributed by atoms with E-state index in [1.165, 1.54) is 0 Å². The van der Waals surface area contributed by atoms with Crippen LogP contribution < -0.4 is 5.56 Å². The van der Waals surface area contributed by atoms with Crippen molar-refractivity contribution in [3.8, 4) is 0 Å². The summed E-state index contributed by atoms with van der Waals surface area (Å²) in [7, 11) is 0. The van der Waals surface area contributed by atoms with Crippen molar-refractivity contribution in [2.24, 2.45) is 0 Å². The molecule has 0 spiro atoms. The van der Waals surface area contributed by atoms with Crippen LogP contribution in [0.25, 0.3) is 0 Å². The first-order chi connectivity index (χ1) is 5.66. The molecule has 0 atom stereocenters. The van der Waals surface area contributed by atoms with Crippen LogP contribution in [0.3, 0.4) is 0 Å². The Balaban J connectivity index is 3.28. The van der Waals surface area contributed by atoms with Gasteiger partial charge in [0, 0.05) is 11.8 Å². The molecule has 0 saturated heterocycles. The van der Waals surface area contributed by atoms with Gasteiger partial charge in [-0.05, 0) is 6.07 Å². The maximum atomic E-state index is 12.1. The smallest absolute Gasteiger partial charge is 0.264 e. The van der Waals surface area contributed by atoms with Crippen molar-refractivity contribution in [1.82, 2.24) is 4.98 Å². The third-order valence-electron chi connectivity index (χ3n) is 1.47. The summed E-state index contributed by atoms with van der Waals surface area (Å²) in [6.07, 6.45) is -1.73. The Hall–Kier alpha value is -1.26. The molecule has 0 radical (unpaired) electrons. The molecule has 0 unspecified atom stereocenters. The monoisotopic (exact) mass is 177 g/mol. The molecular weight excluding hydrogens is 171 g/mol. The quantitative estimate of drug-likeness (QED) is 0.733. The predicted octanol–water partition coefficient (Wildman–Crippen LogP) is 1.78. The fourth-order valence-corrected chi connectivity index (χ4v) is 0.868. The fourth-order valence-electron chi connectivity index (χ4n) is 0.868. The van der Waals surface area contributed by atoms with Crippen LogP contribution in [0.4, 0.5) is 13.2 Å². The third kappa shape index (κ3) is 1.49. The normalized spacial score (nSPS) is 10.7. The van der Waals surface area contributed by atoms with Gasteiger partial charge in [-0.3, -0.25) is 4.79 Å². The molecule has 1 rings (SSSR count). The second-order valence-electron chi connectivity index (χ2n) is 2.18. The molecule has 0 aliphatic rings. The number of aromatic amines is 1. The lowest BCUT2D eigenvalue weighted by molar-refractivity contribution is 0.149. The number of nitrogens with one attached hydrogen (secondary N) is 1. The van der Waals surface area contributed by atoms with Gasteiger partial charge in [0.05, 0.1) is 5.56 Å². The molecule has 0 aliphatic carbocycles. The summed E-state index contributed by atoms with van der Waals surface area (Å²) < 4.78 is 36.2. The van der Waals surface area contributed by atoms with Crippen molar-refractivity contribution in [1.29, 1.82) is 0 Å². The molecule has 12 heavy (non-hydrogen) atoms. The van der Waals surface area contributed by atoms with Crippen LogP contribution in [-0.4, -0.2) is 4.98 Å². The van der Waals surface area contributed by atoms with Crippen molar-refractivity contribution in [3.63, 3.8) is 0 Å². The average Bonchev–Trinajstić information content (AvgIpc) is 2.03. The van der Waals surface area contributed by atoms with E-state index in [-0.39, 0.29) is 0 Å². The molecule has 2 nitrogen and oxygen atoms in total. The van der Waals surface area contributed by atoms with E-state index in [1.807, 2.05) is 0 Å². The summed E-state index contributed by atoms with van der Waals surface area (Å²) in [6, 6.07) is 1.00. The molecule has 0 saturated carbocycles. The molecule has 1 heterocycles. The van der Waals surface area contributed by atoms with Gasteiger partial charge in [-0.2, -0.15) is 0 Å². The number of aromatic nitrogens is 1. The molecule has 1 aromatic rings. The summed E-state index contributed by atoms with van der Waals surface area (Å²) in [5, 5.41) is 0. The summed E-state index contributed by atoms with van der Waals surface area (Å²) in [6.45, 7) is -1.17. The maximum absolute atomic E-state index is 12.1. The Bertz CT molecular complexity index is 321. The second-order valence-corrected chi connectivity index (χ2v) is 2.18. The zero-order chi connectivity index (χ0) is 9.14. The number of H-pyrrole nitrogens is 1. The van der Waals surface area contributed by atoms with Crippen molar-refractivity contribution in [3.05, 3.63) is 33.7 Å². The first-order valence-corrected chi connectivity index (χ1v) is 3.21. The molecule has 1 N–H and O–H groups in total.